The Labute approximate surface area is 121 Å². The Morgan fingerprint density at radius 1 is 1.26 bits per heavy atom. The van der Waals surface area contributed by atoms with Gasteiger partial charge in [-0.25, -0.2) is 0 Å². The summed E-state index contributed by atoms with van der Waals surface area (Å²) in [5.74, 6) is 0.152. The van der Waals surface area contributed by atoms with Crippen LogP contribution in [0.4, 0.5) is 0 Å². The van der Waals surface area contributed by atoms with Crippen LogP contribution in [0.15, 0.2) is 18.2 Å². The molecular weight excluding hydrogens is 260 g/mol. The van der Waals surface area contributed by atoms with Crippen molar-refractivity contribution in [2.24, 2.45) is 0 Å². The predicted molar refractivity (Wildman–Crippen MR) is 81.1 cm³/mol. The molecule has 1 N–H and O–H groups in total. The number of nitrogens with zero attached hydrogens (tertiary/aromatic N) is 1. The van der Waals surface area contributed by atoms with E-state index < -0.39 is 0 Å². The van der Waals surface area contributed by atoms with Crippen LogP contribution in [-0.2, 0) is 0 Å². The molecule has 3 nitrogen and oxygen atoms in total. The Hall–Kier alpha value is -1.06. The van der Waals surface area contributed by atoms with Crippen molar-refractivity contribution in [1.82, 2.24) is 10.2 Å². The zero-order valence-corrected chi connectivity index (χ0v) is 12.9. The number of piperazine rings is 1. The van der Waals surface area contributed by atoms with E-state index in [4.69, 9.17) is 0 Å². The molecule has 0 saturated carbocycles. The molecule has 0 aliphatic carbocycles. The van der Waals surface area contributed by atoms with E-state index in [-0.39, 0.29) is 24.4 Å². The molecule has 1 aromatic carbocycles. The van der Waals surface area contributed by atoms with Gasteiger partial charge in [0.05, 0.1) is 0 Å². The van der Waals surface area contributed by atoms with E-state index in [1.165, 1.54) is 11.1 Å². The van der Waals surface area contributed by atoms with E-state index in [1.807, 2.05) is 23.1 Å². The van der Waals surface area contributed by atoms with Gasteiger partial charge < -0.3 is 10.2 Å². The average molecular weight is 283 g/mol. The van der Waals surface area contributed by atoms with Crippen molar-refractivity contribution < 1.29 is 4.79 Å². The SMILES string of the molecule is Cc1ccc(C(=O)N2CC(C)NCC2C)cc1C.Cl. The topological polar surface area (TPSA) is 32.3 Å². The van der Waals surface area contributed by atoms with Crippen molar-refractivity contribution in [2.75, 3.05) is 13.1 Å². The summed E-state index contributed by atoms with van der Waals surface area (Å²) in [5.41, 5.74) is 3.21. The van der Waals surface area contributed by atoms with E-state index in [0.717, 1.165) is 18.7 Å². The molecule has 1 heterocycles. The molecule has 106 valence electrons. The van der Waals surface area contributed by atoms with Gasteiger partial charge in [0.15, 0.2) is 0 Å². The van der Waals surface area contributed by atoms with Gasteiger partial charge in [-0.3, -0.25) is 4.79 Å². The number of benzene rings is 1. The summed E-state index contributed by atoms with van der Waals surface area (Å²) in [6.45, 7) is 9.99. The summed E-state index contributed by atoms with van der Waals surface area (Å²) >= 11 is 0. The number of hydrogen-bond donors (Lipinski definition) is 1. The standard InChI is InChI=1S/C15H22N2O.ClH/c1-10-5-6-14(7-11(10)2)15(18)17-9-12(3)16-8-13(17)4;/h5-7,12-13,16H,8-9H2,1-4H3;1H. The van der Waals surface area contributed by atoms with Crippen molar-refractivity contribution in [3.05, 3.63) is 34.9 Å². The highest BCUT2D eigenvalue weighted by Gasteiger charge is 2.27. The third-order valence-electron chi connectivity index (χ3n) is 3.78. The third kappa shape index (κ3) is 3.48. The van der Waals surface area contributed by atoms with Crippen LogP contribution in [0.2, 0.25) is 0 Å². The number of carbonyl (C=O) groups excluding carboxylic acids is 1. The molecule has 2 unspecified atom stereocenters. The highest BCUT2D eigenvalue weighted by molar-refractivity contribution is 5.94. The Morgan fingerprint density at radius 3 is 2.58 bits per heavy atom. The monoisotopic (exact) mass is 282 g/mol. The van der Waals surface area contributed by atoms with Crippen LogP contribution in [0.3, 0.4) is 0 Å². The molecule has 1 saturated heterocycles. The van der Waals surface area contributed by atoms with E-state index in [0.29, 0.717) is 6.04 Å². The predicted octanol–water partition coefficient (Wildman–Crippen LogP) is 2.55. The van der Waals surface area contributed by atoms with Crippen molar-refractivity contribution in [3.63, 3.8) is 0 Å². The first kappa shape index (κ1) is 16.0. The molecule has 1 aliphatic rings. The normalized spacial score (nSPS) is 22.8. The molecule has 1 aliphatic heterocycles. The lowest BCUT2D eigenvalue weighted by molar-refractivity contribution is 0.0616. The van der Waals surface area contributed by atoms with Crippen LogP contribution >= 0.6 is 12.4 Å². The molecule has 0 radical (unpaired) electrons. The van der Waals surface area contributed by atoms with Gasteiger partial charge in [-0.2, -0.15) is 0 Å². The van der Waals surface area contributed by atoms with E-state index in [9.17, 15) is 4.79 Å². The number of carbonyl (C=O) groups is 1. The van der Waals surface area contributed by atoms with Crippen LogP contribution < -0.4 is 5.32 Å². The third-order valence-corrected chi connectivity index (χ3v) is 3.78. The molecule has 19 heavy (non-hydrogen) atoms. The lowest BCUT2D eigenvalue weighted by atomic mass is 10.0. The maximum atomic E-state index is 12.5. The van der Waals surface area contributed by atoms with Gasteiger partial charge in [0.2, 0.25) is 0 Å². The second-order valence-electron chi connectivity index (χ2n) is 5.41. The maximum Gasteiger partial charge on any atom is 0.254 e. The van der Waals surface area contributed by atoms with Crippen molar-refractivity contribution in [1.29, 1.82) is 0 Å². The van der Waals surface area contributed by atoms with Gasteiger partial charge in [-0.1, -0.05) is 6.07 Å². The largest absolute Gasteiger partial charge is 0.333 e. The second-order valence-corrected chi connectivity index (χ2v) is 5.41. The summed E-state index contributed by atoms with van der Waals surface area (Å²) < 4.78 is 0. The summed E-state index contributed by atoms with van der Waals surface area (Å²) in [5, 5.41) is 3.39. The minimum Gasteiger partial charge on any atom is -0.333 e. The fourth-order valence-electron chi connectivity index (χ4n) is 2.34. The number of rotatable bonds is 1. The summed E-state index contributed by atoms with van der Waals surface area (Å²) in [6, 6.07) is 6.59. The first-order valence-electron chi connectivity index (χ1n) is 6.60. The molecule has 4 heteroatoms. The number of nitrogens with one attached hydrogen (secondary N) is 1. The Bertz CT molecular complexity index is 461. The smallest absolute Gasteiger partial charge is 0.254 e. The summed E-state index contributed by atoms with van der Waals surface area (Å²) in [6.07, 6.45) is 0. The molecule has 1 fully saturated rings. The summed E-state index contributed by atoms with van der Waals surface area (Å²) in [4.78, 5) is 14.5. The molecular formula is C15H23ClN2O. The van der Waals surface area contributed by atoms with Crippen LogP contribution in [-0.4, -0.2) is 36.0 Å². The highest BCUT2D eigenvalue weighted by atomic mass is 35.5. The lowest BCUT2D eigenvalue weighted by Gasteiger charge is -2.37. The Morgan fingerprint density at radius 2 is 1.95 bits per heavy atom. The molecule has 2 rings (SSSR count). The average Bonchev–Trinajstić information content (AvgIpc) is 2.35. The van der Waals surface area contributed by atoms with E-state index >= 15 is 0 Å². The molecule has 2 atom stereocenters. The zero-order valence-electron chi connectivity index (χ0n) is 12.1. The van der Waals surface area contributed by atoms with Gasteiger partial charge >= 0.3 is 0 Å². The Kier molecular flexibility index (Phi) is 5.39. The van der Waals surface area contributed by atoms with Gasteiger partial charge in [0.1, 0.15) is 0 Å². The number of aryl methyl sites for hydroxylation is 2. The number of hydrogen-bond acceptors (Lipinski definition) is 2. The lowest BCUT2D eigenvalue weighted by Crippen LogP contribution is -2.56. The number of halogens is 1. The highest BCUT2D eigenvalue weighted by Crippen LogP contribution is 2.15. The Balaban J connectivity index is 0.00000180. The minimum atomic E-state index is 0. The van der Waals surface area contributed by atoms with Crippen molar-refractivity contribution in [2.45, 2.75) is 39.8 Å². The first-order chi connectivity index (χ1) is 8.49. The van der Waals surface area contributed by atoms with Crippen molar-refractivity contribution >= 4 is 18.3 Å². The van der Waals surface area contributed by atoms with Gasteiger partial charge in [-0.15, -0.1) is 12.4 Å². The molecule has 0 spiro atoms. The van der Waals surface area contributed by atoms with Gasteiger partial charge in [0.25, 0.3) is 5.91 Å². The fraction of sp³-hybridized carbons (Fsp3) is 0.533. The van der Waals surface area contributed by atoms with Gasteiger partial charge in [0, 0.05) is 30.7 Å². The van der Waals surface area contributed by atoms with Crippen LogP contribution in [0, 0.1) is 13.8 Å². The van der Waals surface area contributed by atoms with Crippen LogP contribution in [0.25, 0.3) is 0 Å². The molecule has 0 aromatic heterocycles. The molecule has 1 aromatic rings. The molecule has 0 bridgehead atoms. The quantitative estimate of drug-likeness (QED) is 0.859. The van der Waals surface area contributed by atoms with Crippen molar-refractivity contribution in [3.8, 4) is 0 Å². The maximum absolute atomic E-state index is 12.5. The van der Waals surface area contributed by atoms with E-state index in [1.54, 1.807) is 0 Å². The second kappa shape index (κ2) is 6.40. The van der Waals surface area contributed by atoms with Gasteiger partial charge in [-0.05, 0) is 51.0 Å². The zero-order chi connectivity index (χ0) is 13.3. The van der Waals surface area contributed by atoms with Crippen LogP contribution in [0.5, 0.6) is 0 Å². The van der Waals surface area contributed by atoms with E-state index in [2.05, 4.69) is 33.0 Å². The first-order valence-corrected chi connectivity index (χ1v) is 6.60. The van der Waals surface area contributed by atoms with Crippen LogP contribution in [0.1, 0.15) is 35.3 Å². The fourth-order valence-corrected chi connectivity index (χ4v) is 2.34. The summed E-state index contributed by atoms with van der Waals surface area (Å²) in [7, 11) is 0. The minimum absolute atomic E-state index is 0. The number of amides is 1. The molecule has 1 amide bonds.